The Kier molecular flexibility index (Phi) is 5.83. The van der Waals surface area contributed by atoms with Crippen LogP contribution in [0.3, 0.4) is 0 Å². The summed E-state index contributed by atoms with van der Waals surface area (Å²) in [5, 5.41) is 8.72. The third kappa shape index (κ3) is 3.79. The van der Waals surface area contributed by atoms with E-state index in [0.29, 0.717) is 16.7 Å². The Hall–Kier alpha value is -2.02. The van der Waals surface area contributed by atoms with Gasteiger partial charge in [-0.05, 0) is 13.3 Å². The monoisotopic (exact) mass is 319 g/mol. The minimum Gasteiger partial charge on any atom is -0.342 e. The summed E-state index contributed by atoms with van der Waals surface area (Å²) < 4.78 is 1.43. The maximum Gasteiger partial charge on any atom is 0.233 e. The summed E-state index contributed by atoms with van der Waals surface area (Å²) in [5.74, 6) is 7.04. The Morgan fingerprint density at radius 3 is 2.64 bits per heavy atom. The Morgan fingerprint density at radius 1 is 1.27 bits per heavy atom. The van der Waals surface area contributed by atoms with Gasteiger partial charge >= 0.3 is 0 Å². The van der Waals surface area contributed by atoms with Crippen molar-refractivity contribution < 1.29 is 4.79 Å². The normalized spacial score (nSPS) is 10.6. The first-order chi connectivity index (χ1) is 10.7. The molecular weight excluding hydrogens is 298 g/mol. The number of amides is 1. The summed E-state index contributed by atoms with van der Waals surface area (Å²) in [4.78, 5) is 14.0. The van der Waals surface area contributed by atoms with Gasteiger partial charge in [-0.25, -0.2) is 4.68 Å². The van der Waals surface area contributed by atoms with Gasteiger partial charge in [-0.3, -0.25) is 4.79 Å². The number of benzene rings is 1. The van der Waals surface area contributed by atoms with E-state index in [2.05, 4.69) is 17.1 Å². The third-order valence-electron chi connectivity index (χ3n) is 3.25. The molecule has 0 aliphatic heterocycles. The maximum atomic E-state index is 12.1. The van der Waals surface area contributed by atoms with Gasteiger partial charge in [0.15, 0.2) is 5.82 Å². The zero-order chi connectivity index (χ0) is 15.9. The fraction of sp³-hybridized carbons (Fsp3) is 0.400. The third-order valence-corrected chi connectivity index (χ3v) is 4.18. The highest BCUT2D eigenvalue weighted by Gasteiger charge is 2.16. The molecule has 0 spiro atoms. The molecule has 0 fully saturated rings. The summed E-state index contributed by atoms with van der Waals surface area (Å²) in [7, 11) is 0. The molecule has 0 aliphatic carbocycles. The number of hydrogen-bond acceptors (Lipinski definition) is 5. The molecule has 0 atom stereocenters. The first-order valence-corrected chi connectivity index (χ1v) is 8.32. The molecule has 0 saturated carbocycles. The Bertz CT molecular complexity index is 614. The van der Waals surface area contributed by atoms with Crippen molar-refractivity contribution in [3.05, 3.63) is 30.3 Å². The van der Waals surface area contributed by atoms with E-state index in [1.54, 1.807) is 0 Å². The van der Waals surface area contributed by atoms with Crippen molar-refractivity contribution in [3.8, 4) is 11.4 Å². The average Bonchev–Trinajstić information content (AvgIpc) is 2.92. The molecule has 2 N–H and O–H groups in total. The van der Waals surface area contributed by atoms with Crippen molar-refractivity contribution in [2.45, 2.75) is 25.4 Å². The van der Waals surface area contributed by atoms with Crippen molar-refractivity contribution >= 4 is 17.7 Å². The first kappa shape index (κ1) is 16.4. The second-order valence-corrected chi connectivity index (χ2v) is 5.75. The van der Waals surface area contributed by atoms with Gasteiger partial charge in [0.1, 0.15) is 0 Å². The zero-order valence-corrected chi connectivity index (χ0v) is 13.7. The van der Waals surface area contributed by atoms with E-state index in [-0.39, 0.29) is 5.91 Å². The molecule has 0 saturated heterocycles. The predicted octanol–water partition coefficient (Wildman–Crippen LogP) is 2.01. The molecule has 0 radical (unpaired) electrons. The Morgan fingerprint density at radius 2 is 2.00 bits per heavy atom. The van der Waals surface area contributed by atoms with Crippen molar-refractivity contribution in [2.75, 3.05) is 24.7 Å². The van der Waals surface area contributed by atoms with E-state index in [0.717, 1.165) is 25.1 Å². The van der Waals surface area contributed by atoms with Gasteiger partial charge in [-0.15, -0.1) is 10.2 Å². The highest BCUT2D eigenvalue weighted by Crippen LogP contribution is 2.21. The quantitative estimate of drug-likeness (QED) is 0.624. The topological polar surface area (TPSA) is 77.0 Å². The number of hydrogen-bond donors (Lipinski definition) is 1. The number of rotatable bonds is 7. The lowest BCUT2D eigenvalue weighted by Gasteiger charge is -2.19. The molecule has 1 amide bonds. The Balaban J connectivity index is 2.03. The van der Waals surface area contributed by atoms with Gasteiger partial charge in [-0.2, -0.15) is 0 Å². The van der Waals surface area contributed by atoms with E-state index in [1.165, 1.54) is 16.4 Å². The molecule has 2 rings (SSSR count). The summed E-state index contributed by atoms with van der Waals surface area (Å²) in [6, 6.07) is 9.62. The van der Waals surface area contributed by atoms with E-state index in [4.69, 9.17) is 5.84 Å². The van der Waals surface area contributed by atoms with Crippen LogP contribution in [0.15, 0.2) is 35.5 Å². The molecule has 1 aromatic carbocycles. The minimum atomic E-state index is 0.0959. The lowest BCUT2D eigenvalue weighted by molar-refractivity contribution is -0.128. The van der Waals surface area contributed by atoms with Crippen molar-refractivity contribution in [1.82, 2.24) is 19.8 Å². The van der Waals surface area contributed by atoms with Gasteiger partial charge in [0.25, 0.3) is 0 Å². The fourth-order valence-corrected chi connectivity index (χ4v) is 2.87. The molecule has 0 unspecified atom stereocenters. The molecule has 118 valence electrons. The molecule has 0 aliphatic rings. The van der Waals surface area contributed by atoms with Crippen LogP contribution < -0.4 is 5.84 Å². The van der Waals surface area contributed by atoms with Crippen LogP contribution in [0.2, 0.25) is 0 Å². The van der Waals surface area contributed by atoms with Crippen LogP contribution in [-0.4, -0.2) is 44.5 Å². The van der Waals surface area contributed by atoms with E-state index in [9.17, 15) is 4.79 Å². The van der Waals surface area contributed by atoms with E-state index >= 15 is 0 Å². The average molecular weight is 319 g/mol. The van der Waals surface area contributed by atoms with Gasteiger partial charge in [0, 0.05) is 18.7 Å². The molecule has 0 bridgehead atoms. The second-order valence-electron chi connectivity index (χ2n) is 4.80. The van der Waals surface area contributed by atoms with Crippen LogP contribution in [0.5, 0.6) is 0 Å². The largest absolute Gasteiger partial charge is 0.342 e. The van der Waals surface area contributed by atoms with Gasteiger partial charge in [0.05, 0.1) is 5.75 Å². The van der Waals surface area contributed by atoms with Gasteiger partial charge in [0.2, 0.25) is 11.1 Å². The first-order valence-electron chi connectivity index (χ1n) is 7.33. The summed E-state index contributed by atoms with van der Waals surface area (Å²) in [5.41, 5.74) is 0.900. The minimum absolute atomic E-state index is 0.0959. The van der Waals surface area contributed by atoms with Gasteiger partial charge < -0.3 is 10.7 Å². The molecule has 22 heavy (non-hydrogen) atoms. The molecule has 1 heterocycles. The molecule has 1 aromatic heterocycles. The standard InChI is InChI=1S/C15H21N5OS/c1-3-10-19(4-2)13(21)11-22-15-18-17-14(20(15)16)12-8-6-5-7-9-12/h5-9H,3-4,10-11,16H2,1-2H3. The smallest absolute Gasteiger partial charge is 0.233 e. The molecular formula is C15H21N5OS. The lowest BCUT2D eigenvalue weighted by atomic mass is 10.2. The number of nitrogens with two attached hydrogens (primary N) is 1. The lowest BCUT2D eigenvalue weighted by Crippen LogP contribution is -2.33. The van der Waals surface area contributed by atoms with Crippen LogP contribution in [0.25, 0.3) is 11.4 Å². The second kappa shape index (κ2) is 7.84. The highest BCUT2D eigenvalue weighted by atomic mass is 32.2. The number of aromatic nitrogens is 3. The zero-order valence-electron chi connectivity index (χ0n) is 12.9. The van der Waals surface area contributed by atoms with Crippen LogP contribution in [0, 0.1) is 0 Å². The molecule has 6 nitrogen and oxygen atoms in total. The summed E-state index contributed by atoms with van der Waals surface area (Å²) in [6.45, 7) is 5.54. The summed E-state index contributed by atoms with van der Waals surface area (Å²) in [6.07, 6.45) is 0.954. The van der Waals surface area contributed by atoms with E-state index < -0.39 is 0 Å². The highest BCUT2D eigenvalue weighted by molar-refractivity contribution is 7.99. The van der Waals surface area contributed by atoms with Crippen LogP contribution in [0.1, 0.15) is 20.3 Å². The van der Waals surface area contributed by atoms with E-state index in [1.807, 2.05) is 42.2 Å². The number of thioether (sulfide) groups is 1. The fourth-order valence-electron chi connectivity index (χ4n) is 2.11. The van der Waals surface area contributed by atoms with Crippen molar-refractivity contribution in [1.29, 1.82) is 0 Å². The number of nitrogen functional groups attached to an aromatic ring is 1. The van der Waals surface area contributed by atoms with Gasteiger partial charge in [-0.1, -0.05) is 49.0 Å². The molecule has 7 heteroatoms. The van der Waals surface area contributed by atoms with Crippen LogP contribution >= 0.6 is 11.8 Å². The SMILES string of the molecule is CCCN(CC)C(=O)CSc1nnc(-c2ccccc2)n1N. The van der Waals surface area contributed by atoms with Crippen molar-refractivity contribution in [3.63, 3.8) is 0 Å². The van der Waals surface area contributed by atoms with Crippen LogP contribution in [-0.2, 0) is 4.79 Å². The number of carbonyl (C=O) groups is 1. The number of carbonyl (C=O) groups excluding carboxylic acids is 1. The maximum absolute atomic E-state index is 12.1. The predicted molar refractivity (Wildman–Crippen MR) is 88.9 cm³/mol. The molecule has 2 aromatic rings. The van der Waals surface area contributed by atoms with Crippen LogP contribution in [0.4, 0.5) is 0 Å². The number of nitrogens with zero attached hydrogens (tertiary/aromatic N) is 4. The Labute approximate surface area is 134 Å². The summed E-state index contributed by atoms with van der Waals surface area (Å²) >= 11 is 1.31. The van der Waals surface area contributed by atoms with Crippen molar-refractivity contribution in [2.24, 2.45) is 0 Å².